The molecule has 0 radical (unpaired) electrons. The zero-order valence-electron chi connectivity index (χ0n) is 36.9. The lowest BCUT2D eigenvalue weighted by Crippen LogP contribution is -2.81. The Balaban J connectivity index is 0.000000236. The van der Waals surface area contributed by atoms with E-state index in [1.807, 2.05) is 54.6 Å². The fourth-order valence-corrected chi connectivity index (χ4v) is 9.68. The average molecular weight is 1090 g/mol. The number of carbonyl (C=O) groups excluding carboxylic acids is 1. The fraction of sp³-hybridized carbons (Fsp3) is 0.0600. The van der Waals surface area contributed by atoms with Gasteiger partial charge in [-0.2, -0.15) is 0 Å². The van der Waals surface area contributed by atoms with E-state index >= 15 is 35.1 Å². The molecule has 1 atom stereocenters. The molecule has 8 aromatic carbocycles. The molecule has 0 aliphatic carbocycles. The second-order valence-electron chi connectivity index (χ2n) is 15.8. The summed E-state index contributed by atoms with van der Waals surface area (Å²) in [7, 11) is 0.0386. The summed E-state index contributed by atoms with van der Waals surface area (Å²) in [6, 6.07) is 32.2. The number of hydrogen-bond acceptors (Lipinski definition) is 3. The Kier molecular flexibility index (Phi) is 15.9. The molecule has 8 rings (SSSR count). The second-order valence-corrected chi connectivity index (χ2v) is 17.9. The minimum atomic E-state index is -7.22. The van der Waals surface area contributed by atoms with Crippen LogP contribution in [0.1, 0.15) is 11.1 Å². The normalized spacial score (nSPS) is 11.9. The first-order chi connectivity index (χ1) is 35.4. The van der Waals surface area contributed by atoms with Crippen molar-refractivity contribution in [3.8, 4) is 5.75 Å². The van der Waals surface area contributed by atoms with E-state index in [0.29, 0.717) is 5.75 Å². The van der Waals surface area contributed by atoms with E-state index in [4.69, 9.17) is 9.47 Å². The number of ether oxygens (including phenoxy) is 2. The van der Waals surface area contributed by atoms with Crippen LogP contribution < -0.4 is 26.6 Å². The highest BCUT2D eigenvalue weighted by atomic mass is 32.2. The standard InChI is InChI=1S/C26H23O3S.C24BF20/c1-30(19-22-12-7-11-21-10-5-6-13-25(21)22)24-16-14-23(15-17-24)29-26(27)28-18-20-8-3-2-4-9-20;26-5-1(6(27)14(35)21(42)13(5)34)25(2-7(28)15(36)22(43)16(37)8(2)29,3-9(30)17(38)23(44)18(39)10(3)31)4-11(32)19(40)24(45)20(41)12(4)33/h2-17H,18-19H2,1H3;/q+1;-1. The van der Waals surface area contributed by atoms with Crippen LogP contribution in [0.15, 0.2) is 102 Å². The lowest BCUT2D eigenvalue weighted by atomic mass is 9.12. The Labute approximate surface area is 410 Å². The van der Waals surface area contributed by atoms with Gasteiger partial charge in [-0.1, -0.05) is 72.8 Å². The number of rotatable bonds is 10. The van der Waals surface area contributed by atoms with Crippen molar-refractivity contribution in [2.24, 2.45) is 0 Å². The van der Waals surface area contributed by atoms with E-state index < -0.39 is 150 Å². The van der Waals surface area contributed by atoms with Crippen LogP contribution in [-0.2, 0) is 28.0 Å². The minimum Gasteiger partial charge on any atom is -0.429 e. The first-order valence-corrected chi connectivity index (χ1v) is 22.5. The monoisotopic (exact) mass is 1090 g/mol. The molecule has 390 valence electrons. The highest BCUT2D eigenvalue weighted by Crippen LogP contribution is 2.32. The third-order valence-corrected chi connectivity index (χ3v) is 13.4. The molecule has 0 saturated carbocycles. The third kappa shape index (κ3) is 9.68. The van der Waals surface area contributed by atoms with Crippen molar-refractivity contribution in [3.63, 3.8) is 0 Å². The summed E-state index contributed by atoms with van der Waals surface area (Å²) in [5, 5.41) is 2.57. The topological polar surface area (TPSA) is 35.5 Å². The van der Waals surface area contributed by atoms with E-state index in [1.165, 1.54) is 21.2 Å². The van der Waals surface area contributed by atoms with E-state index in [9.17, 15) is 57.5 Å². The number of hydrogen-bond donors (Lipinski definition) is 0. The first kappa shape index (κ1) is 55.1. The van der Waals surface area contributed by atoms with Crippen molar-refractivity contribution >= 4 is 55.8 Å². The summed E-state index contributed by atoms with van der Waals surface area (Å²) in [4.78, 5) is 13.2. The van der Waals surface area contributed by atoms with Gasteiger partial charge in [-0.25, -0.2) is 92.6 Å². The van der Waals surface area contributed by atoms with Gasteiger partial charge in [0.2, 0.25) is 0 Å². The van der Waals surface area contributed by atoms with Crippen LogP contribution in [0.4, 0.5) is 92.6 Å². The van der Waals surface area contributed by atoms with Gasteiger partial charge in [0.15, 0.2) is 74.7 Å². The fourth-order valence-electron chi connectivity index (χ4n) is 8.19. The van der Waals surface area contributed by atoms with Gasteiger partial charge in [-0.15, -0.1) is 21.9 Å². The lowest BCUT2D eigenvalue weighted by molar-refractivity contribution is 0.0927. The van der Waals surface area contributed by atoms with Crippen LogP contribution >= 0.6 is 0 Å². The molecule has 0 spiro atoms. The second kappa shape index (κ2) is 21.6. The van der Waals surface area contributed by atoms with Gasteiger partial charge in [0, 0.05) is 16.5 Å². The smallest absolute Gasteiger partial charge is 0.429 e. The molecule has 0 aliphatic rings. The first-order valence-electron chi connectivity index (χ1n) is 20.7. The van der Waals surface area contributed by atoms with Gasteiger partial charge in [0.1, 0.15) is 77.0 Å². The number of fused-ring (bicyclic) bond motifs is 1. The number of benzene rings is 8. The van der Waals surface area contributed by atoms with Crippen molar-refractivity contribution in [2.45, 2.75) is 17.3 Å². The van der Waals surface area contributed by atoms with E-state index in [1.54, 1.807) is 0 Å². The highest BCUT2D eigenvalue weighted by molar-refractivity contribution is 7.95. The predicted octanol–water partition coefficient (Wildman–Crippen LogP) is 12.2. The van der Waals surface area contributed by atoms with Gasteiger partial charge in [-0.05, 0) is 40.6 Å². The van der Waals surface area contributed by atoms with Crippen molar-refractivity contribution in [3.05, 3.63) is 225 Å². The van der Waals surface area contributed by atoms with E-state index in [2.05, 4.69) is 48.7 Å². The summed E-state index contributed by atoms with van der Waals surface area (Å²) in [6.07, 6.45) is -5.67. The molecule has 0 aromatic heterocycles. The Morgan fingerprint density at radius 2 is 0.733 bits per heavy atom. The largest absolute Gasteiger partial charge is 0.514 e. The summed E-state index contributed by atoms with van der Waals surface area (Å²) < 4.78 is 304. The molecular formula is C50H23BF20O3S. The quantitative estimate of drug-likeness (QED) is 0.0260. The molecule has 0 bridgehead atoms. The molecule has 0 aliphatic heterocycles. The third-order valence-electron chi connectivity index (χ3n) is 11.6. The molecule has 0 amide bonds. The zero-order valence-corrected chi connectivity index (χ0v) is 37.7. The Bertz CT molecular complexity index is 3160. The predicted molar refractivity (Wildman–Crippen MR) is 232 cm³/mol. The SMILES string of the molecule is C[S+](Cc1cccc2ccccc12)c1ccc(OC(=O)OCc2ccccc2)cc1.Fc1c(F)c(F)c([B-](c2c(F)c(F)c(F)c(F)c2F)(c2c(F)c(F)c(F)c(F)c2F)c2c(F)c(F)c(F)c(F)c2F)c(F)c1F. The summed E-state index contributed by atoms with van der Waals surface area (Å²) >= 11 is 0. The van der Waals surface area contributed by atoms with Gasteiger partial charge in [0.25, 0.3) is 0 Å². The molecule has 75 heavy (non-hydrogen) atoms. The molecule has 25 heteroatoms. The van der Waals surface area contributed by atoms with Crippen molar-refractivity contribution < 1.29 is 102 Å². The average Bonchev–Trinajstić information content (AvgIpc) is 3.42. The lowest BCUT2D eigenvalue weighted by Gasteiger charge is -2.44. The summed E-state index contributed by atoms with van der Waals surface area (Å²) in [5.74, 6) is -69.9. The van der Waals surface area contributed by atoms with Gasteiger partial charge in [-0.3, -0.25) is 0 Å². The van der Waals surface area contributed by atoms with Crippen LogP contribution in [0.2, 0.25) is 0 Å². The molecule has 0 heterocycles. The molecular weight excluding hydrogens is 1070 g/mol. The van der Waals surface area contributed by atoms with Crippen molar-refractivity contribution in [2.75, 3.05) is 6.26 Å². The zero-order chi connectivity index (χ0) is 55.1. The van der Waals surface area contributed by atoms with Crippen LogP contribution in [0, 0.1) is 116 Å². The number of halogens is 20. The van der Waals surface area contributed by atoms with Crippen LogP contribution in [-0.4, -0.2) is 18.6 Å². The highest BCUT2D eigenvalue weighted by Gasteiger charge is 2.52. The van der Waals surface area contributed by atoms with Crippen LogP contribution in [0.25, 0.3) is 10.8 Å². The summed E-state index contributed by atoms with van der Waals surface area (Å²) in [5.41, 5.74) is -12.1. The Morgan fingerprint density at radius 3 is 1.12 bits per heavy atom. The van der Waals surface area contributed by atoms with Gasteiger partial charge in [0.05, 0.1) is 0 Å². The maximum Gasteiger partial charge on any atom is 0.514 e. The van der Waals surface area contributed by atoms with Crippen LogP contribution in [0.5, 0.6) is 5.75 Å². The Morgan fingerprint density at radius 1 is 0.400 bits per heavy atom. The van der Waals surface area contributed by atoms with Gasteiger partial charge < -0.3 is 9.47 Å². The maximum atomic E-state index is 15.4. The maximum absolute atomic E-state index is 15.4. The summed E-state index contributed by atoms with van der Waals surface area (Å²) in [6.45, 7) is 0.196. The molecule has 1 unspecified atom stereocenters. The van der Waals surface area contributed by atoms with E-state index in [-0.39, 0.29) is 17.5 Å². The number of carbonyl (C=O) groups is 1. The Hall–Kier alpha value is -7.70. The van der Waals surface area contributed by atoms with Crippen molar-refractivity contribution in [1.29, 1.82) is 0 Å². The van der Waals surface area contributed by atoms with E-state index in [0.717, 1.165) is 11.3 Å². The minimum absolute atomic E-state index is 0.0386. The molecule has 0 saturated heterocycles. The van der Waals surface area contributed by atoms with Gasteiger partial charge >= 0.3 is 6.16 Å². The molecule has 3 nitrogen and oxygen atoms in total. The molecule has 8 aromatic rings. The van der Waals surface area contributed by atoms with Crippen molar-refractivity contribution in [1.82, 2.24) is 0 Å². The molecule has 0 N–H and O–H groups in total. The molecule has 0 fully saturated rings. The van der Waals surface area contributed by atoms with Crippen LogP contribution in [0.3, 0.4) is 0 Å².